The van der Waals surface area contributed by atoms with Crippen LogP contribution in [0.25, 0.3) is 0 Å². The molecule has 0 saturated carbocycles. The minimum atomic E-state index is -2.19. The average molecular weight is 602 g/mol. The van der Waals surface area contributed by atoms with Crippen LogP contribution in [0.4, 0.5) is 4.79 Å². The largest absolute Gasteiger partial charge is 0.448 e. The van der Waals surface area contributed by atoms with E-state index in [-0.39, 0.29) is 26.1 Å². The molecule has 3 aromatic rings. The van der Waals surface area contributed by atoms with E-state index < -0.39 is 53.8 Å². The van der Waals surface area contributed by atoms with Crippen molar-refractivity contribution in [1.29, 1.82) is 0 Å². The number of hydrogen-bond donors (Lipinski definition) is 2. The number of alkyl carbamates (subject to hydrolysis) is 1. The number of carbonyl (C=O) groups is 5. The van der Waals surface area contributed by atoms with Gasteiger partial charge in [-0.1, -0.05) is 91.0 Å². The fourth-order valence-corrected chi connectivity index (χ4v) is 4.83. The summed E-state index contributed by atoms with van der Waals surface area (Å²) in [6.45, 7) is 1.09. The average Bonchev–Trinajstić information content (AvgIpc) is 3.62. The molecule has 3 amide bonds. The SMILES string of the molecule is C[C@@H](NC(=O)OCc1ccccc1)C(=O)N[C@H]1CON(C2(C(=O)OC(c3ccccc3)c3ccccc3)CCC(=O)O2)C1=O. The van der Waals surface area contributed by atoms with Gasteiger partial charge in [0.2, 0.25) is 5.91 Å². The topological polar surface area (TPSA) is 150 Å². The van der Waals surface area contributed by atoms with Gasteiger partial charge < -0.3 is 24.8 Å². The first-order chi connectivity index (χ1) is 21.3. The third-order valence-electron chi connectivity index (χ3n) is 7.15. The molecule has 5 rings (SSSR count). The molecule has 3 aromatic carbocycles. The summed E-state index contributed by atoms with van der Waals surface area (Å²) in [5.74, 6) is -3.23. The number of benzene rings is 3. The molecule has 0 aliphatic carbocycles. The molecule has 1 unspecified atom stereocenters. The van der Waals surface area contributed by atoms with Crippen molar-refractivity contribution < 1.29 is 43.0 Å². The number of ether oxygens (including phenoxy) is 3. The number of hydrogen-bond acceptors (Lipinski definition) is 9. The Balaban J connectivity index is 1.25. The Hall–Kier alpha value is -5.23. The smallest absolute Gasteiger partial charge is 0.408 e. The zero-order valence-corrected chi connectivity index (χ0v) is 23.8. The lowest BCUT2D eigenvalue weighted by Gasteiger charge is -2.34. The van der Waals surface area contributed by atoms with E-state index in [0.29, 0.717) is 16.2 Å². The fraction of sp³-hybridized carbons (Fsp3) is 0.281. The Bertz CT molecular complexity index is 1460. The Morgan fingerprint density at radius 2 is 1.52 bits per heavy atom. The molecule has 2 aliphatic heterocycles. The molecule has 44 heavy (non-hydrogen) atoms. The maximum atomic E-state index is 13.8. The molecule has 2 heterocycles. The highest BCUT2D eigenvalue weighted by Crippen LogP contribution is 2.37. The van der Waals surface area contributed by atoms with Crippen molar-refractivity contribution in [1.82, 2.24) is 15.7 Å². The van der Waals surface area contributed by atoms with E-state index in [4.69, 9.17) is 19.0 Å². The van der Waals surface area contributed by atoms with E-state index in [2.05, 4.69) is 10.6 Å². The van der Waals surface area contributed by atoms with Crippen LogP contribution in [0.1, 0.15) is 42.6 Å². The third kappa shape index (κ3) is 6.70. The minimum absolute atomic E-state index is 0.0111. The lowest BCUT2D eigenvalue weighted by molar-refractivity contribution is -0.260. The molecule has 228 valence electrons. The van der Waals surface area contributed by atoms with Crippen LogP contribution in [0, 0.1) is 0 Å². The molecule has 2 aliphatic rings. The van der Waals surface area contributed by atoms with E-state index in [1.165, 1.54) is 6.92 Å². The molecule has 12 heteroatoms. The van der Waals surface area contributed by atoms with Gasteiger partial charge in [-0.15, -0.1) is 0 Å². The van der Waals surface area contributed by atoms with Crippen LogP contribution in [-0.2, 0) is 44.8 Å². The number of nitrogens with one attached hydrogen (secondary N) is 2. The van der Waals surface area contributed by atoms with E-state index in [9.17, 15) is 24.0 Å². The van der Waals surface area contributed by atoms with Crippen LogP contribution in [0.5, 0.6) is 0 Å². The van der Waals surface area contributed by atoms with E-state index in [1.807, 2.05) is 18.2 Å². The molecule has 2 saturated heterocycles. The van der Waals surface area contributed by atoms with Gasteiger partial charge in [0.05, 0.1) is 6.42 Å². The van der Waals surface area contributed by atoms with Gasteiger partial charge >= 0.3 is 23.8 Å². The summed E-state index contributed by atoms with van der Waals surface area (Å²) >= 11 is 0. The highest BCUT2D eigenvalue weighted by Gasteiger charge is 2.60. The van der Waals surface area contributed by atoms with Crippen LogP contribution >= 0.6 is 0 Å². The number of cyclic esters (lactones) is 1. The highest BCUT2D eigenvalue weighted by molar-refractivity contribution is 5.95. The van der Waals surface area contributed by atoms with Crippen LogP contribution in [0.15, 0.2) is 91.0 Å². The van der Waals surface area contributed by atoms with Gasteiger partial charge in [0.15, 0.2) is 6.10 Å². The molecule has 3 atom stereocenters. The predicted octanol–water partition coefficient (Wildman–Crippen LogP) is 2.93. The first-order valence-electron chi connectivity index (χ1n) is 14.0. The Morgan fingerprint density at radius 1 is 0.932 bits per heavy atom. The summed E-state index contributed by atoms with van der Waals surface area (Å²) in [5, 5.41) is 5.58. The van der Waals surface area contributed by atoms with Gasteiger partial charge in [-0.25, -0.2) is 9.59 Å². The number of nitrogens with zero attached hydrogens (tertiary/aromatic N) is 1. The first kappa shape index (κ1) is 30.2. The van der Waals surface area contributed by atoms with Crippen LogP contribution < -0.4 is 10.6 Å². The molecule has 2 fully saturated rings. The summed E-state index contributed by atoms with van der Waals surface area (Å²) < 4.78 is 16.5. The number of esters is 2. The standard InChI is InChI=1S/C32H31N3O9/c1-21(33-31(40)41-19-22-11-5-2-6-12-22)28(37)34-25-20-42-35(29(25)38)32(18-17-26(36)44-32)30(39)43-27(23-13-7-3-8-14-23)24-15-9-4-10-16-24/h2-16,21,25,27H,17-20H2,1H3,(H,33,40)(H,34,37)/t21-,25+,32?/m1/s1. The van der Waals surface area contributed by atoms with Crippen molar-refractivity contribution >= 4 is 29.8 Å². The molecule has 0 bridgehead atoms. The predicted molar refractivity (Wildman–Crippen MR) is 153 cm³/mol. The van der Waals surface area contributed by atoms with Gasteiger partial charge in [0, 0.05) is 6.42 Å². The van der Waals surface area contributed by atoms with Crippen LogP contribution in [0.2, 0.25) is 0 Å². The van der Waals surface area contributed by atoms with Crippen molar-refractivity contribution in [3.8, 4) is 0 Å². The summed E-state index contributed by atoms with van der Waals surface area (Å²) in [6, 6.07) is 24.7. The van der Waals surface area contributed by atoms with Gasteiger partial charge in [0.1, 0.15) is 25.3 Å². The second-order valence-corrected chi connectivity index (χ2v) is 10.3. The van der Waals surface area contributed by atoms with Crippen molar-refractivity contribution in [3.63, 3.8) is 0 Å². The number of rotatable bonds is 10. The van der Waals surface area contributed by atoms with Gasteiger partial charge in [0.25, 0.3) is 5.91 Å². The van der Waals surface area contributed by atoms with Gasteiger partial charge in [-0.3, -0.25) is 19.2 Å². The molecule has 0 radical (unpaired) electrons. The Morgan fingerprint density at radius 3 is 2.09 bits per heavy atom. The first-order valence-corrected chi connectivity index (χ1v) is 14.0. The summed E-state index contributed by atoms with van der Waals surface area (Å²) in [5.41, 5.74) is -0.101. The normalized spacial score (nSPS) is 20.1. The second-order valence-electron chi connectivity index (χ2n) is 10.3. The molecular formula is C32H31N3O9. The van der Waals surface area contributed by atoms with Crippen LogP contribution in [0.3, 0.4) is 0 Å². The van der Waals surface area contributed by atoms with E-state index in [1.54, 1.807) is 72.8 Å². The summed E-state index contributed by atoms with van der Waals surface area (Å²) in [4.78, 5) is 70.1. The third-order valence-corrected chi connectivity index (χ3v) is 7.15. The quantitative estimate of drug-likeness (QED) is 0.264. The van der Waals surface area contributed by atoms with E-state index in [0.717, 1.165) is 5.56 Å². The van der Waals surface area contributed by atoms with Gasteiger partial charge in [-0.2, -0.15) is 5.06 Å². The number of amides is 3. The zero-order valence-electron chi connectivity index (χ0n) is 23.8. The maximum Gasteiger partial charge on any atom is 0.408 e. The summed E-state index contributed by atoms with van der Waals surface area (Å²) in [6.07, 6.45) is -2.06. The van der Waals surface area contributed by atoms with Crippen LogP contribution in [-0.4, -0.2) is 59.3 Å². The number of hydroxylamine groups is 2. The molecular weight excluding hydrogens is 570 g/mol. The Kier molecular flexibility index (Phi) is 9.20. The fourth-order valence-electron chi connectivity index (χ4n) is 4.83. The molecule has 2 N–H and O–H groups in total. The van der Waals surface area contributed by atoms with Crippen molar-refractivity contribution in [3.05, 3.63) is 108 Å². The summed E-state index contributed by atoms with van der Waals surface area (Å²) in [7, 11) is 0. The van der Waals surface area contributed by atoms with E-state index >= 15 is 0 Å². The maximum absolute atomic E-state index is 13.8. The molecule has 0 spiro atoms. The van der Waals surface area contributed by atoms with Crippen molar-refractivity contribution in [2.75, 3.05) is 6.61 Å². The Labute approximate surface area is 253 Å². The monoisotopic (exact) mass is 601 g/mol. The highest BCUT2D eigenvalue weighted by atomic mass is 16.8. The lowest BCUT2D eigenvalue weighted by Crippen LogP contribution is -2.58. The number of carbonyl (C=O) groups excluding carboxylic acids is 5. The van der Waals surface area contributed by atoms with Crippen molar-refractivity contribution in [2.24, 2.45) is 0 Å². The molecule has 12 nitrogen and oxygen atoms in total. The lowest BCUT2D eigenvalue weighted by atomic mass is 10.0. The van der Waals surface area contributed by atoms with Gasteiger partial charge in [-0.05, 0) is 23.6 Å². The molecule has 0 aromatic heterocycles. The second kappa shape index (κ2) is 13.4. The zero-order chi connectivity index (χ0) is 31.1. The minimum Gasteiger partial charge on any atom is -0.448 e. The van der Waals surface area contributed by atoms with Crippen molar-refractivity contribution in [2.45, 2.75) is 50.3 Å².